The van der Waals surface area contributed by atoms with Crippen molar-refractivity contribution in [3.63, 3.8) is 0 Å². The summed E-state index contributed by atoms with van der Waals surface area (Å²) in [5.74, 6) is -0.367. The summed E-state index contributed by atoms with van der Waals surface area (Å²) in [6.07, 6.45) is -0.440. The summed E-state index contributed by atoms with van der Waals surface area (Å²) >= 11 is 6.22. The second-order valence-corrected chi connectivity index (χ2v) is 10.3. The van der Waals surface area contributed by atoms with E-state index in [0.29, 0.717) is 6.54 Å². The van der Waals surface area contributed by atoms with Crippen LogP contribution in [0.3, 0.4) is 0 Å². The fourth-order valence-corrected chi connectivity index (χ4v) is 5.60. The Bertz CT molecular complexity index is 1030. The van der Waals surface area contributed by atoms with E-state index >= 15 is 0 Å². The third-order valence-electron chi connectivity index (χ3n) is 5.10. The Hall–Kier alpha value is -2.13. The molecule has 0 aliphatic carbocycles. The summed E-state index contributed by atoms with van der Waals surface area (Å²) in [5.41, 5.74) is 2.24. The first-order valence-electron chi connectivity index (χ1n) is 10.1. The van der Waals surface area contributed by atoms with E-state index in [2.05, 4.69) is 5.32 Å². The molecule has 0 aromatic heterocycles. The molecule has 168 valence electrons. The Morgan fingerprint density at radius 2 is 1.74 bits per heavy atom. The number of nitrogens with one attached hydrogen (secondary N) is 1. The number of amides is 1. The summed E-state index contributed by atoms with van der Waals surface area (Å²) in [6, 6.07) is 12.1. The maximum absolute atomic E-state index is 13.2. The number of morpholine rings is 1. The quantitative estimate of drug-likeness (QED) is 0.709. The largest absolute Gasteiger partial charge is 0.378 e. The van der Waals surface area contributed by atoms with Gasteiger partial charge in [0.05, 0.1) is 17.2 Å². The van der Waals surface area contributed by atoms with Crippen LogP contribution in [0.2, 0.25) is 5.02 Å². The van der Waals surface area contributed by atoms with Gasteiger partial charge < -0.3 is 15.0 Å². The van der Waals surface area contributed by atoms with Crippen molar-refractivity contribution >= 4 is 33.2 Å². The zero-order valence-electron chi connectivity index (χ0n) is 18.1. The molecule has 3 rings (SSSR count). The van der Waals surface area contributed by atoms with E-state index in [9.17, 15) is 13.2 Å². The monoisotopic (exact) mass is 465 g/mol. The van der Waals surface area contributed by atoms with Crippen molar-refractivity contribution in [1.29, 1.82) is 0 Å². The van der Waals surface area contributed by atoms with E-state index < -0.39 is 10.0 Å². The van der Waals surface area contributed by atoms with Crippen molar-refractivity contribution in [2.24, 2.45) is 0 Å². The first-order chi connectivity index (χ1) is 14.6. The standard InChI is InChI=1S/C22H28ClN3O4S/c1-15-13-26(14-16(2)30-15)31(28,29)21-11-18(7-10-20(21)23)22(27)24-12-17-5-8-19(9-6-17)25(3)4/h5-11,15-16H,12-14H2,1-4H3,(H,24,27). The van der Waals surface area contributed by atoms with Crippen molar-refractivity contribution in [2.75, 3.05) is 32.1 Å². The molecule has 31 heavy (non-hydrogen) atoms. The number of hydrogen-bond acceptors (Lipinski definition) is 5. The van der Waals surface area contributed by atoms with Crippen LogP contribution in [0.25, 0.3) is 0 Å². The van der Waals surface area contributed by atoms with Gasteiger partial charge in [-0.2, -0.15) is 4.31 Å². The van der Waals surface area contributed by atoms with Gasteiger partial charge in [-0.1, -0.05) is 23.7 Å². The average molecular weight is 466 g/mol. The Morgan fingerprint density at radius 1 is 1.13 bits per heavy atom. The van der Waals surface area contributed by atoms with Gasteiger partial charge in [-0.3, -0.25) is 4.79 Å². The zero-order valence-corrected chi connectivity index (χ0v) is 19.7. The zero-order chi connectivity index (χ0) is 22.8. The van der Waals surface area contributed by atoms with Gasteiger partial charge in [0.25, 0.3) is 5.91 Å². The highest BCUT2D eigenvalue weighted by molar-refractivity contribution is 7.89. The molecule has 1 aliphatic heterocycles. The van der Waals surface area contributed by atoms with Gasteiger partial charge in [-0.15, -0.1) is 0 Å². The first kappa shape index (κ1) is 23.5. The smallest absolute Gasteiger partial charge is 0.251 e. The van der Waals surface area contributed by atoms with Crippen molar-refractivity contribution < 1.29 is 17.9 Å². The highest BCUT2D eigenvalue weighted by Crippen LogP contribution is 2.28. The normalized spacial score (nSPS) is 19.8. The first-order valence-corrected chi connectivity index (χ1v) is 11.9. The summed E-state index contributed by atoms with van der Waals surface area (Å²) < 4.78 is 33.4. The lowest BCUT2D eigenvalue weighted by molar-refractivity contribution is -0.0440. The minimum absolute atomic E-state index is 0.0709. The van der Waals surface area contributed by atoms with Crippen LogP contribution in [0, 0.1) is 0 Å². The lowest BCUT2D eigenvalue weighted by Crippen LogP contribution is -2.48. The SMILES string of the molecule is CC1CN(S(=O)(=O)c2cc(C(=O)NCc3ccc(N(C)C)cc3)ccc2Cl)CC(C)O1. The Kier molecular flexibility index (Phi) is 7.26. The molecule has 0 bridgehead atoms. The summed E-state index contributed by atoms with van der Waals surface area (Å²) in [7, 11) is 0.0611. The Labute approximate surface area is 189 Å². The van der Waals surface area contributed by atoms with Crippen LogP contribution in [0.4, 0.5) is 5.69 Å². The molecule has 0 saturated carbocycles. The number of halogens is 1. The number of nitrogens with zero attached hydrogens (tertiary/aromatic N) is 2. The minimum Gasteiger partial charge on any atom is -0.378 e. The molecule has 2 unspecified atom stereocenters. The van der Waals surface area contributed by atoms with Gasteiger partial charge in [0, 0.05) is 45.0 Å². The van der Waals surface area contributed by atoms with Crippen LogP contribution < -0.4 is 10.2 Å². The highest BCUT2D eigenvalue weighted by atomic mass is 35.5. The predicted octanol–water partition coefficient (Wildman–Crippen LogP) is 3.13. The number of sulfonamides is 1. The Morgan fingerprint density at radius 3 is 2.32 bits per heavy atom. The molecule has 0 spiro atoms. The molecule has 9 heteroatoms. The molecule has 0 radical (unpaired) electrons. The van der Waals surface area contributed by atoms with E-state index in [1.165, 1.54) is 22.5 Å². The minimum atomic E-state index is -3.86. The summed E-state index contributed by atoms with van der Waals surface area (Å²) in [6.45, 7) is 4.46. The number of carbonyl (C=O) groups excluding carboxylic acids is 1. The molecule has 1 aliphatic rings. The van der Waals surface area contributed by atoms with Crippen molar-refractivity contribution in [3.8, 4) is 0 Å². The van der Waals surface area contributed by atoms with Gasteiger partial charge in [0.1, 0.15) is 4.90 Å². The maximum Gasteiger partial charge on any atom is 0.251 e. The molecule has 1 fully saturated rings. The van der Waals surface area contributed by atoms with E-state index in [-0.39, 0.29) is 46.7 Å². The summed E-state index contributed by atoms with van der Waals surface area (Å²) in [5, 5.41) is 2.92. The van der Waals surface area contributed by atoms with E-state index in [0.717, 1.165) is 11.3 Å². The molecule has 1 N–H and O–H groups in total. The number of carbonyl (C=O) groups is 1. The van der Waals surface area contributed by atoms with Crippen molar-refractivity contribution in [2.45, 2.75) is 37.5 Å². The van der Waals surface area contributed by atoms with Crippen LogP contribution in [0.1, 0.15) is 29.8 Å². The maximum atomic E-state index is 13.2. The molecular weight excluding hydrogens is 438 g/mol. The Balaban J connectivity index is 1.76. The number of benzene rings is 2. The lowest BCUT2D eigenvalue weighted by Gasteiger charge is -2.34. The second-order valence-electron chi connectivity index (χ2n) is 7.97. The van der Waals surface area contributed by atoms with Gasteiger partial charge in [0.2, 0.25) is 10.0 Å². The van der Waals surface area contributed by atoms with Crippen LogP contribution in [-0.4, -0.2) is 58.0 Å². The second kappa shape index (κ2) is 9.56. The molecule has 2 atom stereocenters. The summed E-state index contributed by atoms with van der Waals surface area (Å²) in [4.78, 5) is 14.6. The third-order valence-corrected chi connectivity index (χ3v) is 7.42. The van der Waals surface area contributed by atoms with Crippen molar-refractivity contribution in [1.82, 2.24) is 9.62 Å². The van der Waals surface area contributed by atoms with Gasteiger partial charge in [-0.05, 0) is 49.7 Å². The van der Waals surface area contributed by atoms with E-state index in [4.69, 9.17) is 16.3 Å². The van der Waals surface area contributed by atoms with Crippen LogP contribution in [0.15, 0.2) is 47.4 Å². The average Bonchev–Trinajstić information content (AvgIpc) is 2.71. The topological polar surface area (TPSA) is 79.0 Å². The molecule has 2 aromatic carbocycles. The molecule has 1 heterocycles. The molecule has 2 aromatic rings. The van der Waals surface area contributed by atoms with Gasteiger partial charge >= 0.3 is 0 Å². The van der Waals surface area contributed by atoms with Crippen LogP contribution in [0.5, 0.6) is 0 Å². The molecule has 1 saturated heterocycles. The van der Waals surface area contributed by atoms with Crippen LogP contribution >= 0.6 is 11.6 Å². The molecule has 1 amide bonds. The molecular formula is C22H28ClN3O4S. The van der Waals surface area contributed by atoms with Crippen molar-refractivity contribution in [3.05, 3.63) is 58.6 Å². The predicted molar refractivity (Wildman–Crippen MR) is 122 cm³/mol. The van der Waals surface area contributed by atoms with Gasteiger partial charge in [0.15, 0.2) is 0 Å². The van der Waals surface area contributed by atoms with Gasteiger partial charge in [-0.25, -0.2) is 8.42 Å². The number of hydrogen-bond donors (Lipinski definition) is 1. The number of rotatable bonds is 6. The molecule has 7 nitrogen and oxygen atoms in total. The van der Waals surface area contributed by atoms with E-state index in [1.807, 2.05) is 57.1 Å². The third kappa shape index (κ3) is 5.57. The van der Waals surface area contributed by atoms with E-state index in [1.54, 1.807) is 0 Å². The highest BCUT2D eigenvalue weighted by Gasteiger charge is 2.33. The fraction of sp³-hybridized carbons (Fsp3) is 0.409. The number of ether oxygens (including phenoxy) is 1. The fourth-order valence-electron chi connectivity index (χ4n) is 3.50. The van der Waals surface area contributed by atoms with Crippen LogP contribution in [-0.2, 0) is 21.3 Å². The number of anilines is 1. The lowest BCUT2D eigenvalue weighted by atomic mass is 10.1.